The molecular weight excluding hydrogens is 218 g/mol. The van der Waals surface area contributed by atoms with Gasteiger partial charge in [-0.1, -0.05) is 0 Å². The number of aryl methyl sites for hydroxylation is 1. The molecule has 0 atom stereocenters. The molecule has 0 aromatic carbocycles. The van der Waals surface area contributed by atoms with Crippen molar-refractivity contribution in [3.05, 3.63) is 11.8 Å². The number of nitrogen functional groups attached to an aromatic ring is 1. The van der Waals surface area contributed by atoms with E-state index in [1.165, 1.54) is 0 Å². The Morgan fingerprint density at radius 1 is 1.35 bits per heavy atom. The third kappa shape index (κ3) is 2.46. The first-order chi connectivity index (χ1) is 8.08. The van der Waals surface area contributed by atoms with Crippen LogP contribution < -0.4 is 10.6 Å². The molecule has 6 nitrogen and oxygen atoms in total. The number of carbonyl (C=O) groups excluding carboxylic acids is 1. The Labute approximate surface area is 100 Å². The highest BCUT2D eigenvalue weighted by atomic mass is 16.2. The fourth-order valence-corrected chi connectivity index (χ4v) is 2.00. The highest BCUT2D eigenvalue weighted by Gasteiger charge is 2.20. The number of hydrogen-bond acceptors (Lipinski definition) is 5. The summed E-state index contributed by atoms with van der Waals surface area (Å²) < 4.78 is 0. The predicted molar refractivity (Wildman–Crippen MR) is 65.6 cm³/mol. The summed E-state index contributed by atoms with van der Waals surface area (Å²) in [4.78, 5) is 23.4. The Bertz CT molecular complexity index is 426. The third-order valence-corrected chi connectivity index (χ3v) is 2.99. The Balaban J connectivity index is 2.10. The van der Waals surface area contributed by atoms with Gasteiger partial charge in [-0.15, -0.1) is 0 Å². The van der Waals surface area contributed by atoms with Crippen molar-refractivity contribution in [2.45, 2.75) is 13.8 Å². The minimum Gasteiger partial charge on any atom is -0.368 e. The van der Waals surface area contributed by atoms with Gasteiger partial charge in [0.15, 0.2) is 0 Å². The van der Waals surface area contributed by atoms with Crippen LogP contribution in [-0.2, 0) is 4.79 Å². The molecule has 1 aliphatic heterocycles. The minimum atomic E-state index is 0.128. The molecule has 0 unspecified atom stereocenters. The second-order valence-corrected chi connectivity index (χ2v) is 4.23. The second kappa shape index (κ2) is 4.57. The summed E-state index contributed by atoms with van der Waals surface area (Å²) in [6.07, 6.45) is 1.73. The number of anilines is 2. The number of carbonyl (C=O) groups is 1. The van der Waals surface area contributed by atoms with Crippen LogP contribution in [0.15, 0.2) is 6.20 Å². The topological polar surface area (TPSA) is 75.4 Å². The summed E-state index contributed by atoms with van der Waals surface area (Å²) in [7, 11) is 0. The van der Waals surface area contributed by atoms with Gasteiger partial charge in [-0.3, -0.25) is 4.79 Å². The van der Waals surface area contributed by atoms with Crippen LogP contribution in [0, 0.1) is 6.92 Å². The van der Waals surface area contributed by atoms with Crippen molar-refractivity contribution in [1.29, 1.82) is 0 Å². The first-order valence-electron chi connectivity index (χ1n) is 5.67. The maximum atomic E-state index is 11.2. The van der Waals surface area contributed by atoms with E-state index in [9.17, 15) is 4.79 Å². The van der Waals surface area contributed by atoms with Gasteiger partial charge in [0, 0.05) is 44.9 Å². The third-order valence-electron chi connectivity index (χ3n) is 2.99. The number of rotatable bonds is 1. The van der Waals surface area contributed by atoms with Crippen LogP contribution >= 0.6 is 0 Å². The Morgan fingerprint density at radius 3 is 2.59 bits per heavy atom. The molecular formula is C11H17N5O. The average Bonchev–Trinajstić information content (AvgIpc) is 2.32. The Morgan fingerprint density at radius 2 is 2.00 bits per heavy atom. The SMILES string of the molecule is CC(=O)N1CCN(c2nc(N)ncc2C)CC1. The van der Waals surface area contributed by atoms with E-state index < -0.39 is 0 Å². The van der Waals surface area contributed by atoms with Crippen LogP contribution in [0.1, 0.15) is 12.5 Å². The fraction of sp³-hybridized carbons (Fsp3) is 0.545. The van der Waals surface area contributed by atoms with Crippen molar-refractivity contribution in [3.8, 4) is 0 Å². The molecule has 0 spiro atoms. The molecule has 1 aromatic heterocycles. The normalized spacial score (nSPS) is 16.1. The van der Waals surface area contributed by atoms with Crippen molar-refractivity contribution >= 4 is 17.7 Å². The van der Waals surface area contributed by atoms with E-state index >= 15 is 0 Å². The molecule has 1 aliphatic rings. The molecule has 0 radical (unpaired) electrons. The lowest BCUT2D eigenvalue weighted by Crippen LogP contribution is -2.48. The van der Waals surface area contributed by atoms with Gasteiger partial charge in [0.05, 0.1) is 0 Å². The number of nitrogens with zero attached hydrogens (tertiary/aromatic N) is 4. The number of hydrogen-bond donors (Lipinski definition) is 1. The molecule has 1 fully saturated rings. The van der Waals surface area contributed by atoms with E-state index in [0.717, 1.165) is 37.6 Å². The maximum absolute atomic E-state index is 11.2. The van der Waals surface area contributed by atoms with E-state index in [4.69, 9.17) is 5.73 Å². The Kier molecular flexibility index (Phi) is 3.12. The molecule has 0 saturated carbocycles. The summed E-state index contributed by atoms with van der Waals surface area (Å²) in [5.74, 6) is 1.30. The van der Waals surface area contributed by atoms with Gasteiger partial charge in [0.2, 0.25) is 11.9 Å². The summed E-state index contributed by atoms with van der Waals surface area (Å²) in [5.41, 5.74) is 6.61. The summed E-state index contributed by atoms with van der Waals surface area (Å²) in [6.45, 7) is 6.61. The van der Waals surface area contributed by atoms with Gasteiger partial charge >= 0.3 is 0 Å². The molecule has 1 amide bonds. The number of piperazine rings is 1. The van der Waals surface area contributed by atoms with E-state index in [2.05, 4.69) is 14.9 Å². The largest absolute Gasteiger partial charge is 0.368 e. The molecule has 0 bridgehead atoms. The van der Waals surface area contributed by atoms with E-state index in [1.807, 2.05) is 11.8 Å². The van der Waals surface area contributed by atoms with Crippen LogP contribution in [0.3, 0.4) is 0 Å². The number of nitrogens with two attached hydrogens (primary N) is 1. The standard InChI is InChI=1S/C11H17N5O/c1-8-7-13-11(12)14-10(8)16-5-3-15(4-6-16)9(2)17/h7H,3-6H2,1-2H3,(H2,12,13,14). The highest BCUT2D eigenvalue weighted by Crippen LogP contribution is 2.18. The first-order valence-corrected chi connectivity index (χ1v) is 5.67. The van der Waals surface area contributed by atoms with Crippen molar-refractivity contribution in [3.63, 3.8) is 0 Å². The predicted octanol–water partition coefficient (Wildman–Crippen LogP) is 0.0357. The van der Waals surface area contributed by atoms with Crippen molar-refractivity contribution in [2.24, 2.45) is 0 Å². The molecule has 0 aliphatic carbocycles. The number of aromatic nitrogens is 2. The molecule has 6 heteroatoms. The van der Waals surface area contributed by atoms with E-state index in [1.54, 1.807) is 13.1 Å². The lowest BCUT2D eigenvalue weighted by atomic mass is 10.2. The molecule has 92 valence electrons. The van der Waals surface area contributed by atoms with Gasteiger partial charge in [-0.2, -0.15) is 4.98 Å². The summed E-state index contributed by atoms with van der Waals surface area (Å²) in [6, 6.07) is 0. The van der Waals surface area contributed by atoms with E-state index in [-0.39, 0.29) is 5.91 Å². The van der Waals surface area contributed by atoms with Gasteiger partial charge in [0.1, 0.15) is 5.82 Å². The second-order valence-electron chi connectivity index (χ2n) is 4.23. The van der Waals surface area contributed by atoms with Crippen molar-refractivity contribution < 1.29 is 4.79 Å². The van der Waals surface area contributed by atoms with Crippen LogP contribution in [0.25, 0.3) is 0 Å². The van der Waals surface area contributed by atoms with Gasteiger partial charge in [-0.25, -0.2) is 4.98 Å². The van der Waals surface area contributed by atoms with Gasteiger partial charge in [-0.05, 0) is 6.92 Å². The number of amides is 1. The van der Waals surface area contributed by atoms with Crippen molar-refractivity contribution in [1.82, 2.24) is 14.9 Å². The average molecular weight is 235 g/mol. The first kappa shape index (κ1) is 11.6. The lowest BCUT2D eigenvalue weighted by molar-refractivity contribution is -0.129. The molecule has 17 heavy (non-hydrogen) atoms. The monoisotopic (exact) mass is 235 g/mol. The van der Waals surface area contributed by atoms with Crippen LogP contribution in [0.2, 0.25) is 0 Å². The van der Waals surface area contributed by atoms with Crippen LogP contribution in [0.4, 0.5) is 11.8 Å². The zero-order chi connectivity index (χ0) is 12.4. The zero-order valence-electron chi connectivity index (χ0n) is 10.2. The maximum Gasteiger partial charge on any atom is 0.221 e. The molecule has 2 heterocycles. The van der Waals surface area contributed by atoms with Crippen molar-refractivity contribution in [2.75, 3.05) is 36.8 Å². The quantitative estimate of drug-likeness (QED) is 0.743. The van der Waals surface area contributed by atoms with Crippen LogP contribution in [-0.4, -0.2) is 47.0 Å². The molecule has 2 N–H and O–H groups in total. The molecule has 2 rings (SSSR count). The fourth-order valence-electron chi connectivity index (χ4n) is 2.00. The van der Waals surface area contributed by atoms with Crippen LogP contribution in [0.5, 0.6) is 0 Å². The highest BCUT2D eigenvalue weighted by molar-refractivity contribution is 5.73. The summed E-state index contributed by atoms with van der Waals surface area (Å²) in [5, 5.41) is 0. The zero-order valence-corrected chi connectivity index (χ0v) is 10.2. The lowest BCUT2D eigenvalue weighted by Gasteiger charge is -2.35. The van der Waals surface area contributed by atoms with Gasteiger partial charge in [0.25, 0.3) is 0 Å². The summed E-state index contributed by atoms with van der Waals surface area (Å²) >= 11 is 0. The molecule has 1 aromatic rings. The Hall–Kier alpha value is -1.85. The van der Waals surface area contributed by atoms with E-state index in [0.29, 0.717) is 5.95 Å². The molecule has 1 saturated heterocycles. The van der Waals surface area contributed by atoms with Gasteiger partial charge < -0.3 is 15.5 Å². The minimum absolute atomic E-state index is 0.128. The smallest absolute Gasteiger partial charge is 0.221 e.